The average molecular weight is 326 g/mol. The Morgan fingerprint density at radius 1 is 1.17 bits per heavy atom. The second-order valence-electron chi connectivity index (χ2n) is 5.26. The topological polar surface area (TPSA) is 73.4 Å². The fourth-order valence-electron chi connectivity index (χ4n) is 2.40. The zero-order chi connectivity index (χ0) is 17.1. The van der Waals surface area contributed by atoms with Crippen molar-refractivity contribution in [1.29, 1.82) is 0 Å². The summed E-state index contributed by atoms with van der Waals surface area (Å²) in [6.45, 7) is 3.99. The van der Waals surface area contributed by atoms with E-state index < -0.39 is 6.16 Å². The highest BCUT2D eigenvalue weighted by atomic mass is 16.7. The van der Waals surface area contributed by atoms with Crippen LogP contribution in [0, 0.1) is 6.92 Å². The van der Waals surface area contributed by atoms with Gasteiger partial charge in [0, 0.05) is 5.56 Å². The highest BCUT2D eigenvalue weighted by molar-refractivity contribution is 5.80. The Kier molecular flexibility index (Phi) is 4.37. The van der Waals surface area contributed by atoms with E-state index in [1.807, 2.05) is 31.2 Å². The minimum atomic E-state index is -0.761. The van der Waals surface area contributed by atoms with Crippen LogP contribution in [0.4, 0.5) is 4.79 Å². The number of fused-ring (bicyclic) bond motifs is 1. The van der Waals surface area contributed by atoms with Gasteiger partial charge >= 0.3 is 6.16 Å². The SMILES string of the molecule is CCOC(=O)Oc1ccc(-c2nc3ccc(C)cc3[nH]2)cc1OC. The van der Waals surface area contributed by atoms with E-state index in [1.165, 1.54) is 7.11 Å². The lowest BCUT2D eigenvalue weighted by Gasteiger charge is -2.09. The molecule has 2 aromatic carbocycles. The molecule has 0 aliphatic carbocycles. The van der Waals surface area contributed by atoms with Gasteiger partial charge in [0.1, 0.15) is 5.82 Å². The highest BCUT2D eigenvalue weighted by Gasteiger charge is 2.13. The van der Waals surface area contributed by atoms with E-state index in [9.17, 15) is 4.79 Å². The lowest BCUT2D eigenvalue weighted by molar-refractivity contribution is 0.103. The Morgan fingerprint density at radius 2 is 2.00 bits per heavy atom. The van der Waals surface area contributed by atoms with E-state index in [0.717, 1.165) is 28.0 Å². The molecule has 0 amide bonds. The number of hydrogen-bond acceptors (Lipinski definition) is 5. The summed E-state index contributed by atoms with van der Waals surface area (Å²) in [5.41, 5.74) is 3.85. The molecule has 0 unspecified atom stereocenters. The summed E-state index contributed by atoms with van der Waals surface area (Å²) in [6.07, 6.45) is -0.761. The van der Waals surface area contributed by atoms with Crippen LogP contribution >= 0.6 is 0 Å². The third-order valence-corrected chi connectivity index (χ3v) is 3.53. The van der Waals surface area contributed by atoms with Gasteiger partial charge in [-0.25, -0.2) is 9.78 Å². The normalized spacial score (nSPS) is 10.6. The zero-order valence-electron chi connectivity index (χ0n) is 13.8. The molecule has 1 N–H and O–H groups in total. The Bertz CT molecular complexity index is 886. The number of carbonyl (C=O) groups is 1. The minimum absolute atomic E-state index is 0.248. The molecule has 0 saturated carbocycles. The maximum atomic E-state index is 11.5. The lowest BCUT2D eigenvalue weighted by atomic mass is 10.2. The molecule has 0 aliphatic rings. The summed E-state index contributed by atoms with van der Waals surface area (Å²) >= 11 is 0. The van der Waals surface area contributed by atoms with E-state index in [0.29, 0.717) is 11.5 Å². The second-order valence-corrected chi connectivity index (χ2v) is 5.26. The van der Waals surface area contributed by atoms with Gasteiger partial charge in [0.05, 0.1) is 24.8 Å². The van der Waals surface area contributed by atoms with E-state index in [4.69, 9.17) is 14.2 Å². The summed E-state index contributed by atoms with van der Waals surface area (Å²) in [5.74, 6) is 1.44. The maximum absolute atomic E-state index is 11.5. The van der Waals surface area contributed by atoms with Crippen LogP contribution in [-0.4, -0.2) is 29.8 Å². The maximum Gasteiger partial charge on any atom is 0.513 e. The third-order valence-electron chi connectivity index (χ3n) is 3.53. The predicted molar refractivity (Wildman–Crippen MR) is 90.5 cm³/mol. The van der Waals surface area contributed by atoms with Crippen molar-refractivity contribution in [1.82, 2.24) is 9.97 Å². The van der Waals surface area contributed by atoms with Crippen molar-refractivity contribution < 1.29 is 19.0 Å². The molecule has 124 valence electrons. The van der Waals surface area contributed by atoms with Crippen molar-refractivity contribution in [3.8, 4) is 22.9 Å². The van der Waals surface area contributed by atoms with E-state index in [-0.39, 0.29) is 6.61 Å². The largest absolute Gasteiger partial charge is 0.513 e. The molecule has 0 bridgehead atoms. The van der Waals surface area contributed by atoms with Crippen LogP contribution in [0.25, 0.3) is 22.4 Å². The van der Waals surface area contributed by atoms with Gasteiger partial charge in [0.25, 0.3) is 0 Å². The van der Waals surface area contributed by atoms with Crippen LogP contribution in [0.15, 0.2) is 36.4 Å². The van der Waals surface area contributed by atoms with Gasteiger partial charge in [0.2, 0.25) is 0 Å². The minimum Gasteiger partial charge on any atom is -0.493 e. The number of carbonyl (C=O) groups excluding carboxylic acids is 1. The number of methoxy groups -OCH3 is 1. The van der Waals surface area contributed by atoms with Crippen molar-refractivity contribution in [3.05, 3.63) is 42.0 Å². The number of H-pyrrole nitrogens is 1. The Hall–Kier alpha value is -3.02. The number of nitrogens with one attached hydrogen (secondary N) is 1. The van der Waals surface area contributed by atoms with Crippen LogP contribution in [-0.2, 0) is 4.74 Å². The molecule has 0 spiro atoms. The summed E-state index contributed by atoms with van der Waals surface area (Å²) in [6, 6.07) is 11.3. The monoisotopic (exact) mass is 326 g/mol. The lowest BCUT2D eigenvalue weighted by Crippen LogP contribution is -2.10. The molecule has 0 atom stereocenters. The van der Waals surface area contributed by atoms with Crippen molar-refractivity contribution in [3.63, 3.8) is 0 Å². The van der Waals surface area contributed by atoms with Crippen LogP contribution in [0.1, 0.15) is 12.5 Å². The van der Waals surface area contributed by atoms with Crippen molar-refractivity contribution >= 4 is 17.2 Å². The number of imidazole rings is 1. The molecule has 1 aromatic heterocycles. The number of aryl methyl sites for hydroxylation is 1. The Labute approximate surface area is 139 Å². The molecular formula is C18H18N2O4. The molecule has 3 aromatic rings. The standard InChI is InChI=1S/C18H18N2O4/c1-4-23-18(21)24-15-8-6-12(10-16(15)22-3)17-19-13-7-5-11(2)9-14(13)20-17/h5-10H,4H2,1-3H3,(H,19,20). The van der Waals surface area contributed by atoms with E-state index >= 15 is 0 Å². The molecule has 0 fully saturated rings. The van der Waals surface area contributed by atoms with Gasteiger partial charge in [0.15, 0.2) is 11.5 Å². The summed E-state index contributed by atoms with van der Waals surface area (Å²) in [7, 11) is 1.51. The first-order valence-electron chi connectivity index (χ1n) is 7.60. The van der Waals surface area contributed by atoms with E-state index in [2.05, 4.69) is 9.97 Å². The third kappa shape index (κ3) is 3.17. The first kappa shape index (κ1) is 15.9. The van der Waals surface area contributed by atoms with Crippen LogP contribution in [0.5, 0.6) is 11.5 Å². The number of rotatable bonds is 4. The fourth-order valence-corrected chi connectivity index (χ4v) is 2.40. The van der Waals surface area contributed by atoms with Crippen molar-refractivity contribution in [2.45, 2.75) is 13.8 Å². The van der Waals surface area contributed by atoms with Gasteiger partial charge in [-0.05, 0) is 49.7 Å². The molecule has 6 heteroatoms. The zero-order valence-corrected chi connectivity index (χ0v) is 13.8. The summed E-state index contributed by atoms with van der Waals surface area (Å²) < 4.78 is 15.2. The fraction of sp³-hybridized carbons (Fsp3) is 0.222. The Morgan fingerprint density at radius 3 is 2.75 bits per heavy atom. The number of benzene rings is 2. The quantitative estimate of drug-likeness (QED) is 0.577. The van der Waals surface area contributed by atoms with Gasteiger partial charge < -0.3 is 19.2 Å². The molecular weight excluding hydrogens is 308 g/mol. The van der Waals surface area contributed by atoms with Crippen molar-refractivity contribution in [2.75, 3.05) is 13.7 Å². The molecule has 0 aliphatic heterocycles. The number of aromatic amines is 1. The van der Waals surface area contributed by atoms with E-state index in [1.54, 1.807) is 19.1 Å². The second kappa shape index (κ2) is 6.62. The number of nitrogens with zero attached hydrogens (tertiary/aromatic N) is 1. The van der Waals surface area contributed by atoms with Gasteiger partial charge in [-0.3, -0.25) is 0 Å². The first-order valence-corrected chi connectivity index (χ1v) is 7.60. The molecule has 0 radical (unpaired) electrons. The molecule has 0 saturated heterocycles. The summed E-state index contributed by atoms with van der Waals surface area (Å²) in [5, 5.41) is 0. The Balaban J connectivity index is 1.94. The molecule has 6 nitrogen and oxygen atoms in total. The summed E-state index contributed by atoms with van der Waals surface area (Å²) in [4.78, 5) is 19.3. The first-order chi connectivity index (χ1) is 11.6. The number of ether oxygens (including phenoxy) is 3. The van der Waals surface area contributed by atoms with Crippen LogP contribution in [0.2, 0.25) is 0 Å². The molecule has 3 rings (SSSR count). The van der Waals surface area contributed by atoms with Gasteiger partial charge in [-0.2, -0.15) is 0 Å². The van der Waals surface area contributed by atoms with Gasteiger partial charge in [-0.15, -0.1) is 0 Å². The molecule has 1 heterocycles. The van der Waals surface area contributed by atoms with Crippen LogP contribution < -0.4 is 9.47 Å². The molecule has 24 heavy (non-hydrogen) atoms. The predicted octanol–water partition coefficient (Wildman–Crippen LogP) is 4.08. The highest BCUT2D eigenvalue weighted by Crippen LogP contribution is 2.32. The van der Waals surface area contributed by atoms with Crippen LogP contribution in [0.3, 0.4) is 0 Å². The number of hydrogen-bond donors (Lipinski definition) is 1. The average Bonchev–Trinajstić information content (AvgIpc) is 2.98. The van der Waals surface area contributed by atoms with Gasteiger partial charge in [-0.1, -0.05) is 6.07 Å². The van der Waals surface area contributed by atoms with Crippen molar-refractivity contribution in [2.24, 2.45) is 0 Å². The smallest absolute Gasteiger partial charge is 0.493 e. The number of aromatic nitrogens is 2.